The van der Waals surface area contributed by atoms with Crippen LogP contribution in [0, 0.1) is 3.57 Å². The average molecular weight is 415 g/mol. The number of amides is 1. The SMILES string of the molecule is COC(=O)C(Cc1ccc(I)cc1)N(C)C(=O)C(F)(F)F. The fourth-order valence-corrected chi connectivity index (χ4v) is 2.06. The molecule has 1 unspecified atom stereocenters. The van der Waals surface area contributed by atoms with E-state index < -0.39 is 24.1 Å². The van der Waals surface area contributed by atoms with Crippen molar-refractivity contribution in [2.75, 3.05) is 14.2 Å². The number of hydrogen-bond acceptors (Lipinski definition) is 3. The van der Waals surface area contributed by atoms with E-state index >= 15 is 0 Å². The number of hydrogen-bond donors (Lipinski definition) is 0. The number of carbonyl (C=O) groups is 2. The van der Waals surface area contributed by atoms with Gasteiger partial charge < -0.3 is 9.64 Å². The Balaban J connectivity index is 2.98. The highest BCUT2D eigenvalue weighted by Gasteiger charge is 2.44. The highest BCUT2D eigenvalue weighted by atomic mass is 127. The van der Waals surface area contributed by atoms with Gasteiger partial charge in [-0.05, 0) is 40.3 Å². The van der Waals surface area contributed by atoms with Gasteiger partial charge in [-0.2, -0.15) is 13.2 Å². The molecule has 0 radical (unpaired) electrons. The van der Waals surface area contributed by atoms with E-state index in [9.17, 15) is 22.8 Å². The number of alkyl halides is 3. The largest absolute Gasteiger partial charge is 0.471 e. The van der Waals surface area contributed by atoms with E-state index in [1.165, 1.54) is 0 Å². The summed E-state index contributed by atoms with van der Waals surface area (Å²) >= 11 is 2.08. The number of benzene rings is 1. The van der Waals surface area contributed by atoms with Crippen LogP contribution in [0.25, 0.3) is 0 Å². The van der Waals surface area contributed by atoms with Crippen LogP contribution in [0.15, 0.2) is 24.3 Å². The Morgan fingerprint density at radius 1 is 1.29 bits per heavy atom. The highest BCUT2D eigenvalue weighted by Crippen LogP contribution is 2.21. The predicted molar refractivity (Wildman–Crippen MR) is 77.5 cm³/mol. The Morgan fingerprint density at radius 2 is 1.81 bits per heavy atom. The van der Waals surface area contributed by atoms with E-state index in [4.69, 9.17) is 0 Å². The summed E-state index contributed by atoms with van der Waals surface area (Å²) in [7, 11) is 2.00. The van der Waals surface area contributed by atoms with E-state index in [0.717, 1.165) is 17.7 Å². The minimum absolute atomic E-state index is 0.0537. The van der Waals surface area contributed by atoms with Crippen molar-refractivity contribution in [3.05, 3.63) is 33.4 Å². The van der Waals surface area contributed by atoms with Gasteiger partial charge in [0.15, 0.2) is 0 Å². The smallest absolute Gasteiger partial charge is 0.467 e. The van der Waals surface area contributed by atoms with Crippen LogP contribution in [0.2, 0.25) is 0 Å². The molecule has 21 heavy (non-hydrogen) atoms. The summed E-state index contributed by atoms with van der Waals surface area (Å²) in [4.78, 5) is 23.3. The molecule has 0 aliphatic rings. The van der Waals surface area contributed by atoms with Crippen molar-refractivity contribution in [3.63, 3.8) is 0 Å². The lowest BCUT2D eigenvalue weighted by Gasteiger charge is -2.26. The monoisotopic (exact) mass is 415 g/mol. The molecule has 1 rings (SSSR count). The third kappa shape index (κ3) is 4.87. The maximum atomic E-state index is 12.5. The van der Waals surface area contributed by atoms with E-state index in [-0.39, 0.29) is 6.42 Å². The summed E-state index contributed by atoms with van der Waals surface area (Å²) in [6, 6.07) is 5.56. The van der Waals surface area contributed by atoms with Crippen LogP contribution in [0.3, 0.4) is 0 Å². The summed E-state index contributed by atoms with van der Waals surface area (Å²) in [5, 5.41) is 0. The minimum Gasteiger partial charge on any atom is -0.467 e. The molecule has 1 aromatic rings. The Hall–Kier alpha value is -1.32. The molecule has 0 saturated heterocycles. The van der Waals surface area contributed by atoms with Crippen molar-refractivity contribution < 1.29 is 27.5 Å². The molecule has 8 heteroatoms. The molecule has 116 valence electrons. The zero-order valence-electron chi connectivity index (χ0n) is 11.3. The summed E-state index contributed by atoms with van der Waals surface area (Å²) in [6.07, 6.45) is -5.09. The molecule has 1 atom stereocenters. The van der Waals surface area contributed by atoms with E-state index in [2.05, 4.69) is 27.3 Å². The van der Waals surface area contributed by atoms with Gasteiger partial charge in [0.1, 0.15) is 6.04 Å². The molecule has 1 amide bonds. The fourth-order valence-electron chi connectivity index (χ4n) is 1.70. The first-order valence-electron chi connectivity index (χ1n) is 5.83. The van der Waals surface area contributed by atoms with Crippen molar-refractivity contribution in [3.8, 4) is 0 Å². The minimum atomic E-state index is -5.03. The van der Waals surface area contributed by atoms with Crippen LogP contribution in [-0.4, -0.2) is 43.2 Å². The third-order valence-electron chi connectivity index (χ3n) is 2.85. The van der Waals surface area contributed by atoms with Crippen molar-refractivity contribution in [2.24, 2.45) is 0 Å². The van der Waals surface area contributed by atoms with Gasteiger partial charge in [0, 0.05) is 17.0 Å². The molecule has 0 aliphatic carbocycles. The summed E-state index contributed by atoms with van der Waals surface area (Å²) in [6.45, 7) is 0. The number of nitrogens with zero attached hydrogens (tertiary/aromatic N) is 1. The number of methoxy groups -OCH3 is 1. The Bertz CT molecular complexity index is 516. The Kier molecular flexibility index (Phi) is 5.99. The van der Waals surface area contributed by atoms with Crippen LogP contribution in [-0.2, 0) is 20.7 Å². The molecule has 0 N–H and O–H groups in total. The Labute approximate surface area is 133 Å². The fraction of sp³-hybridized carbons (Fsp3) is 0.385. The second-order valence-electron chi connectivity index (χ2n) is 4.28. The van der Waals surface area contributed by atoms with E-state index in [1.54, 1.807) is 24.3 Å². The van der Waals surface area contributed by atoms with Crippen LogP contribution >= 0.6 is 22.6 Å². The van der Waals surface area contributed by atoms with Crippen LogP contribution < -0.4 is 0 Å². The van der Waals surface area contributed by atoms with Gasteiger partial charge in [-0.15, -0.1) is 0 Å². The lowest BCUT2D eigenvalue weighted by atomic mass is 10.0. The van der Waals surface area contributed by atoms with Crippen LogP contribution in [0.5, 0.6) is 0 Å². The van der Waals surface area contributed by atoms with Gasteiger partial charge in [0.2, 0.25) is 0 Å². The maximum Gasteiger partial charge on any atom is 0.471 e. The zero-order chi connectivity index (χ0) is 16.2. The molecule has 0 aliphatic heterocycles. The van der Waals surface area contributed by atoms with Crippen molar-refractivity contribution in [1.29, 1.82) is 0 Å². The topological polar surface area (TPSA) is 46.6 Å². The molecule has 0 aromatic heterocycles. The first kappa shape index (κ1) is 17.7. The van der Waals surface area contributed by atoms with Gasteiger partial charge in [-0.25, -0.2) is 4.79 Å². The quantitative estimate of drug-likeness (QED) is 0.561. The molecule has 0 heterocycles. The molecular weight excluding hydrogens is 402 g/mol. The summed E-state index contributed by atoms with van der Waals surface area (Å²) in [5.41, 5.74) is 0.632. The number of rotatable bonds is 4. The Morgan fingerprint density at radius 3 is 2.24 bits per heavy atom. The third-order valence-corrected chi connectivity index (χ3v) is 3.57. The van der Waals surface area contributed by atoms with Crippen LogP contribution in [0.1, 0.15) is 5.56 Å². The summed E-state index contributed by atoms with van der Waals surface area (Å²) in [5.74, 6) is -2.97. The van der Waals surface area contributed by atoms with Gasteiger partial charge in [-0.1, -0.05) is 12.1 Å². The van der Waals surface area contributed by atoms with Crippen molar-refractivity contribution >= 4 is 34.5 Å². The molecule has 4 nitrogen and oxygen atoms in total. The number of carbonyl (C=O) groups excluding carboxylic acids is 2. The van der Waals surface area contributed by atoms with Crippen molar-refractivity contribution in [2.45, 2.75) is 18.6 Å². The molecule has 0 fully saturated rings. The standard InChI is InChI=1S/C13H13F3INO3/c1-18(12(20)13(14,15)16)10(11(19)21-2)7-8-3-5-9(17)6-4-8/h3-6,10H,7H2,1-2H3. The number of likely N-dealkylation sites (N-methyl/N-ethyl adjacent to an activating group) is 1. The highest BCUT2D eigenvalue weighted by molar-refractivity contribution is 14.1. The molecular formula is C13H13F3INO3. The first-order valence-corrected chi connectivity index (χ1v) is 6.91. The van der Waals surface area contributed by atoms with Gasteiger partial charge >= 0.3 is 18.1 Å². The average Bonchev–Trinajstić information content (AvgIpc) is 2.43. The first-order chi connectivity index (χ1) is 9.66. The second kappa shape index (κ2) is 7.10. The van der Waals surface area contributed by atoms with Gasteiger partial charge in [0.05, 0.1) is 7.11 Å². The second-order valence-corrected chi connectivity index (χ2v) is 5.53. The normalized spacial score (nSPS) is 12.7. The van der Waals surface area contributed by atoms with Crippen LogP contribution in [0.4, 0.5) is 13.2 Å². The van der Waals surface area contributed by atoms with Gasteiger partial charge in [-0.3, -0.25) is 4.79 Å². The van der Waals surface area contributed by atoms with E-state index in [0.29, 0.717) is 10.5 Å². The molecule has 1 aromatic carbocycles. The predicted octanol–water partition coefficient (Wildman–Crippen LogP) is 2.40. The zero-order valence-corrected chi connectivity index (χ0v) is 13.4. The van der Waals surface area contributed by atoms with Gasteiger partial charge in [0.25, 0.3) is 0 Å². The maximum absolute atomic E-state index is 12.5. The molecule has 0 bridgehead atoms. The lowest BCUT2D eigenvalue weighted by molar-refractivity contribution is -0.188. The molecule has 0 spiro atoms. The summed E-state index contributed by atoms with van der Waals surface area (Å²) < 4.78 is 42.9. The van der Waals surface area contributed by atoms with Crippen molar-refractivity contribution in [1.82, 2.24) is 4.90 Å². The number of ether oxygens (including phenoxy) is 1. The van der Waals surface area contributed by atoms with E-state index in [1.807, 2.05) is 0 Å². The number of halogens is 4. The lowest BCUT2D eigenvalue weighted by Crippen LogP contribution is -2.49. The number of esters is 1. The molecule has 0 saturated carbocycles.